The summed E-state index contributed by atoms with van der Waals surface area (Å²) in [5.41, 5.74) is 3.87. The van der Waals surface area contributed by atoms with E-state index in [1.165, 1.54) is 6.08 Å². The van der Waals surface area contributed by atoms with Crippen molar-refractivity contribution < 1.29 is 14.0 Å². The Morgan fingerprint density at radius 2 is 1.69 bits per heavy atom. The van der Waals surface area contributed by atoms with E-state index in [1.54, 1.807) is 6.08 Å². The molecule has 2 unspecified atom stereocenters. The molecule has 2 atom stereocenters. The molecule has 0 bridgehead atoms. The summed E-state index contributed by atoms with van der Waals surface area (Å²) in [7, 11) is 0. The van der Waals surface area contributed by atoms with E-state index in [0.717, 1.165) is 35.2 Å². The Hall–Kier alpha value is -3.47. The summed E-state index contributed by atoms with van der Waals surface area (Å²) in [6, 6.07) is 19.6. The fourth-order valence-electron chi connectivity index (χ4n) is 4.58. The van der Waals surface area contributed by atoms with Crippen LogP contribution in [0.1, 0.15) is 46.1 Å². The number of carbonyl (C=O) groups excluding carboxylic acids is 2. The number of halogens is 1. The van der Waals surface area contributed by atoms with Crippen LogP contribution in [0.3, 0.4) is 0 Å². The van der Waals surface area contributed by atoms with Gasteiger partial charge in [0.25, 0.3) is 0 Å². The number of hydrogen-bond donors (Lipinski definition) is 1. The largest absolute Gasteiger partial charge is 0.366 e. The third-order valence-corrected chi connectivity index (χ3v) is 5.99. The molecule has 192 valence electrons. The van der Waals surface area contributed by atoms with Crippen LogP contribution >= 0.6 is 0 Å². The number of allylic oxidation sites excluding steroid dienone is 4. The minimum Gasteiger partial charge on any atom is -0.366 e. The average molecular weight is 491 g/mol. The maximum atomic E-state index is 13.6. The van der Waals surface area contributed by atoms with Crippen LogP contribution in [0.2, 0.25) is 0 Å². The smallest absolute Gasteiger partial charge is 0.234 e. The molecule has 0 saturated heterocycles. The van der Waals surface area contributed by atoms with Crippen molar-refractivity contribution in [1.29, 1.82) is 0 Å². The SMILES string of the molecule is C/C=C/C1=C(c2ccccc2)C(C(=O)Nc2ccccc2)C(C(C)C)N1CCC=O.CC/C=C\CF. The molecule has 3 rings (SSSR count). The predicted octanol–water partition coefficient (Wildman–Crippen LogP) is 7.08. The molecule has 1 aliphatic heterocycles. The summed E-state index contributed by atoms with van der Waals surface area (Å²) in [4.78, 5) is 27.0. The van der Waals surface area contributed by atoms with Crippen molar-refractivity contribution in [3.8, 4) is 0 Å². The standard InChI is InChI=1S/C26H30N2O2.C5H9F/c1-4-12-22-23(20-13-7-5-8-14-20)24(25(19(2)3)28(22)17-11-18-29)26(30)27-21-15-9-6-10-16-21;1-2-3-4-5-6/h4-10,12-16,18-19,24-25H,11,17H2,1-3H3,(H,27,30);3-4H,2,5H2,1H3/b12-4+;4-3-. The zero-order chi connectivity index (χ0) is 26.3. The van der Waals surface area contributed by atoms with E-state index in [2.05, 4.69) is 42.3 Å². The predicted molar refractivity (Wildman–Crippen MR) is 148 cm³/mol. The summed E-state index contributed by atoms with van der Waals surface area (Å²) in [5, 5.41) is 3.11. The number of carbonyl (C=O) groups is 2. The van der Waals surface area contributed by atoms with E-state index in [0.29, 0.717) is 13.0 Å². The van der Waals surface area contributed by atoms with Crippen LogP contribution in [0.4, 0.5) is 10.1 Å². The molecule has 5 heteroatoms. The molecule has 4 nitrogen and oxygen atoms in total. The highest BCUT2D eigenvalue weighted by atomic mass is 19.1. The zero-order valence-corrected chi connectivity index (χ0v) is 21.9. The van der Waals surface area contributed by atoms with Gasteiger partial charge in [0.2, 0.25) is 5.91 Å². The third-order valence-electron chi connectivity index (χ3n) is 5.99. The van der Waals surface area contributed by atoms with Gasteiger partial charge in [-0.3, -0.25) is 4.79 Å². The lowest BCUT2D eigenvalue weighted by Gasteiger charge is -2.34. The van der Waals surface area contributed by atoms with E-state index in [4.69, 9.17) is 0 Å². The normalized spacial score (nSPS) is 17.6. The first kappa shape index (κ1) is 28.8. The summed E-state index contributed by atoms with van der Waals surface area (Å²) in [6.45, 7) is 8.51. The Morgan fingerprint density at radius 3 is 2.19 bits per heavy atom. The van der Waals surface area contributed by atoms with Crippen molar-refractivity contribution in [3.05, 3.63) is 96.2 Å². The average Bonchev–Trinajstić information content (AvgIpc) is 3.22. The van der Waals surface area contributed by atoms with Crippen LogP contribution in [0.15, 0.2) is 90.7 Å². The Kier molecular flexibility index (Phi) is 12.4. The Bertz CT molecular complexity index is 1020. The van der Waals surface area contributed by atoms with Gasteiger partial charge in [-0.25, -0.2) is 4.39 Å². The number of amides is 1. The second-order valence-corrected chi connectivity index (χ2v) is 8.92. The number of alkyl halides is 1. The van der Waals surface area contributed by atoms with Crippen LogP contribution in [0.5, 0.6) is 0 Å². The van der Waals surface area contributed by atoms with Gasteiger partial charge in [0.15, 0.2) is 0 Å². The van der Waals surface area contributed by atoms with Crippen LogP contribution in [0, 0.1) is 11.8 Å². The maximum absolute atomic E-state index is 13.6. The molecule has 0 fully saturated rings. The lowest BCUT2D eigenvalue weighted by Crippen LogP contribution is -2.43. The molecule has 0 spiro atoms. The van der Waals surface area contributed by atoms with Crippen molar-refractivity contribution in [2.45, 2.75) is 46.6 Å². The quantitative estimate of drug-likeness (QED) is 0.286. The minimum absolute atomic E-state index is 0.0191. The molecule has 2 aromatic rings. The summed E-state index contributed by atoms with van der Waals surface area (Å²) >= 11 is 0. The third kappa shape index (κ3) is 7.77. The molecule has 1 aliphatic rings. The Labute approximate surface area is 215 Å². The topological polar surface area (TPSA) is 49.4 Å². The molecule has 36 heavy (non-hydrogen) atoms. The lowest BCUT2D eigenvalue weighted by atomic mass is 9.83. The lowest BCUT2D eigenvalue weighted by molar-refractivity contribution is -0.119. The van der Waals surface area contributed by atoms with Gasteiger partial charge < -0.3 is 15.0 Å². The van der Waals surface area contributed by atoms with Crippen molar-refractivity contribution in [1.82, 2.24) is 4.90 Å². The molecule has 0 aliphatic carbocycles. The fraction of sp³-hybridized carbons (Fsp3) is 0.355. The number of anilines is 1. The van der Waals surface area contributed by atoms with Crippen molar-refractivity contribution in [2.24, 2.45) is 11.8 Å². The van der Waals surface area contributed by atoms with Gasteiger partial charge in [0, 0.05) is 30.4 Å². The number of nitrogens with zero attached hydrogens (tertiary/aromatic N) is 1. The highest BCUT2D eigenvalue weighted by molar-refractivity contribution is 6.03. The van der Waals surface area contributed by atoms with Crippen LogP contribution in [0.25, 0.3) is 5.57 Å². The second kappa shape index (κ2) is 15.5. The second-order valence-electron chi connectivity index (χ2n) is 8.92. The highest BCUT2D eigenvalue weighted by Gasteiger charge is 2.45. The monoisotopic (exact) mass is 490 g/mol. The molecule has 2 aromatic carbocycles. The molecular weight excluding hydrogens is 451 g/mol. The summed E-state index contributed by atoms with van der Waals surface area (Å²) < 4.78 is 11.1. The van der Waals surface area contributed by atoms with E-state index >= 15 is 0 Å². The first-order valence-electron chi connectivity index (χ1n) is 12.7. The number of rotatable bonds is 10. The fourth-order valence-corrected chi connectivity index (χ4v) is 4.58. The van der Waals surface area contributed by atoms with Crippen LogP contribution in [-0.2, 0) is 9.59 Å². The summed E-state index contributed by atoms with van der Waals surface area (Å²) in [6.07, 6.45) is 9.70. The van der Waals surface area contributed by atoms with E-state index in [9.17, 15) is 14.0 Å². The van der Waals surface area contributed by atoms with Gasteiger partial charge in [-0.15, -0.1) is 0 Å². The van der Waals surface area contributed by atoms with Gasteiger partial charge >= 0.3 is 0 Å². The van der Waals surface area contributed by atoms with Gasteiger partial charge in [-0.2, -0.15) is 0 Å². The first-order chi connectivity index (χ1) is 17.5. The van der Waals surface area contributed by atoms with E-state index in [-0.39, 0.29) is 30.5 Å². The van der Waals surface area contributed by atoms with Crippen molar-refractivity contribution in [2.75, 3.05) is 18.5 Å². The Balaban J connectivity index is 0.000000678. The maximum Gasteiger partial charge on any atom is 0.234 e. The summed E-state index contributed by atoms with van der Waals surface area (Å²) in [5.74, 6) is -0.135. The molecular formula is C31H39FN2O2. The number of benzene rings is 2. The molecule has 1 N–H and O–H groups in total. The first-order valence-corrected chi connectivity index (χ1v) is 12.7. The van der Waals surface area contributed by atoms with E-state index < -0.39 is 0 Å². The van der Waals surface area contributed by atoms with Crippen molar-refractivity contribution >= 4 is 23.5 Å². The van der Waals surface area contributed by atoms with Gasteiger partial charge in [0.05, 0.1) is 5.92 Å². The van der Waals surface area contributed by atoms with Crippen LogP contribution < -0.4 is 5.32 Å². The van der Waals surface area contributed by atoms with Crippen molar-refractivity contribution in [3.63, 3.8) is 0 Å². The molecule has 1 heterocycles. The van der Waals surface area contributed by atoms with Crippen LogP contribution in [-0.4, -0.2) is 36.4 Å². The number of nitrogens with one attached hydrogen (secondary N) is 1. The number of hydrogen-bond acceptors (Lipinski definition) is 3. The minimum atomic E-state index is -0.342. The van der Waals surface area contributed by atoms with Gasteiger partial charge in [-0.05, 0) is 48.6 Å². The van der Waals surface area contributed by atoms with Gasteiger partial charge in [-0.1, -0.05) is 87.5 Å². The zero-order valence-electron chi connectivity index (χ0n) is 21.9. The molecule has 0 aromatic heterocycles. The Morgan fingerprint density at radius 1 is 1.06 bits per heavy atom. The number of para-hydroxylation sites is 1. The highest BCUT2D eigenvalue weighted by Crippen LogP contribution is 2.44. The molecule has 0 radical (unpaired) electrons. The number of aldehydes is 1. The molecule has 1 amide bonds. The van der Waals surface area contributed by atoms with E-state index in [1.807, 2.05) is 68.5 Å². The van der Waals surface area contributed by atoms with Gasteiger partial charge in [0.1, 0.15) is 13.0 Å². The molecule has 0 saturated carbocycles.